The smallest absolute Gasteiger partial charge is 0.138 e. The fourth-order valence-electron chi connectivity index (χ4n) is 5.92. The zero-order valence-corrected chi connectivity index (χ0v) is 24.3. The second-order valence-electron chi connectivity index (χ2n) is 11.5. The lowest BCUT2D eigenvalue weighted by atomic mass is 10.0. The lowest BCUT2D eigenvalue weighted by molar-refractivity contribution is 0.237. The van der Waals surface area contributed by atoms with Gasteiger partial charge in [-0.1, -0.05) is 6.07 Å². The van der Waals surface area contributed by atoms with E-state index >= 15 is 0 Å². The van der Waals surface area contributed by atoms with Crippen molar-refractivity contribution in [3.05, 3.63) is 79.0 Å². The van der Waals surface area contributed by atoms with Crippen molar-refractivity contribution in [1.82, 2.24) is 30.0 Å². The lowest BCUT2D eigenvalue weighted by Crippen LogP contribution is -2.25. The van der Waals surface area contributed by atoms with E-state index < -0.39 is 0 Å². The van der Waals surface area contributed by atoms with E-state index in [0.717, 1.165) is 75.3 Å². The Hall–Kier alpha value is -4.76. The van der Waals surface area contributed by atoms with E-state index in [2.05, 4.69) is 67.4 Å². The Morgan fingerprint density at radius 2 is 1.84 bits per heavy atom. The van der Waals surface area contributed by atoms with Gasteiger partial charge in [-0.3, -0.25) is 15.0 Å². The van der Waals surface area contributed by atoms with E-state index in [1.807, 2.05) is 36.7 Å². The maximum atomic E-state index is 14.8. The van der Waals surface area contributed by atoms with Crippen LogP contribution in [0.2, 0.25) is 0 Å². The molecule has 7 rings (SSSR count). The lowest BCUT2D eigenvalue weighted by Gasteiger charge is -2.15. The third-order valence-corrected chi connectivity index (χ3v) is 7.93. The van der Waals surface area contributed by atoms with Crippen molar-refractivity contribution in [3.63, 3.8) is 0 Å². The number of halogens is 1. The normalized spacial score (nSPS) is 13.9. The molecule has 1 fully saturated rings. The van der Waals surface area contributed by atoms with Crippen molar-refractivity contribution in [1.29, 1.82) is 0 Å². The van der Waals surface area contributed by atoms with Crippen molar-refractivity contribution in [2.45, 2.75) is 32.7 Å². The summed E-state index contributed by atoms with van der Waals surface area (Å²) in [4.78, 5) is 14.8. The number of aromatic amines is 2. The van der Waals surface area contributed by atoms with Crippen LogP contribution in [0.15, 0.2) is 73.2 Å². The molecule has 0 radical (unpaired) electrons. The molecule has 8 nitrogen and oxygen atoms in total. The van der Waals surface area contributed by atoms with E-state index in [1.54, 1.807) is 12.3 Å². The summed E-state index contributed by atoms with van der Waals surface area (Å²) in [7, 11) is 0. The van der Waals surface area contributed by atoms with Crippen LogP contribution in [-0.4, -0.2) is 62.3 Å². The standard InChI is InChI=1S/C34H34FN7O/c1-21(2)38-26-14-24(19-36-20-26)22-5-6-31-30(16-22)33(41-40-31)32-18-29-28(7-8-37-34(29)39-32)23-13-25(35)17-27(15-23)43-12-11-42-9-3-4-10-42/h5-8,13-21,38H,3-4,9-12H2,1-2H3,(H,37,39)(H,40,41). The van der Waals surface area contributed by atoms with Crippen LogP contribution in [-0.2, 0) is 0 Å². The monoisotopic (exact) mass is 575 g/mol. The van der Waals surface area contributed by atoms with Gasteiger partial charge in [0.25, 0.3) is 0 Å². The highest BCUT2D eigenvalue weighted by Crippen LogP contribution is 2.36. The summed E-state index contributed by atoms with van der Waals surface area (Å²) in [5, 5.41) is 13.1. The molecule has 6 aromatic rings. The van der Waals surface area contributed by atoms with E-state index in [9.17, 15) is 4.39 Å². The Kier molecular flexibility index (Phi) is 7.24. The van der Waals surface area contributed by atoms with Gasteiger partial charge in [0.15, 0.2) is 0 Å². The highest BCUT2D eigenvalue weighted by molar-refractivity contribution is 6.00. The number of benzene rings is 2. The SMILES string of the molecule is CC(C)Nc1cncc(-c2ccc3[nH]nc(-c4cc5c(-c6cc(F)cc(OCCN7CCCC7)c6)ccnc5[nH]4)c3c2)c1. The van der Waals surface area contributed by atoms with Crippen molar-refractivity contribution in [2.24, 2.45) is 0 Å². The Bertz CT molecular complexity index is 1900. The molecule has 1 aliphatic rings. The third-order valence-electron chi connectivity index (χ3n) is 7.93. The molecule has 5 heterocycles. The molecular weight excluding hydrogens is 541 g/mol. The third kappa shape index (κ3) is 5.68. The fourth-order valence-corrected chi connectivity index (χ4v) is 5.92. The summed E-state index contributed by atoms with van der Waals surface area (Å²) < 4.78 is 20.8. The minimum Gasteiger partial charge on any atom is -0.492 e. The second kappa shape index (κ2) is 11.5. The summed E-state index contributed by atoms with van der Waals surface area (Å²) in [5.74, 6) is 0.199. The average Bonchev–Trinajstić information content (AvgIpc) is 3.76. The zero-order chi connectivity index (χ0) is 29.3. The van der Waals surface area contributed by atoms with Crippen LogP contribution in [0.3, 0.4) is 0 Å². The van der Waals surface area contributed by atoms with Crippen LogP contribution in [0.5, 0.6) is 5.75 Å². The first-order chi connectivity index (χ1) is 21.0. The molecule has 0 spiro atoms. The zero-order valence-electron chi connectivity index (χ0n) is 24.3. The molecule has 4 aromatic heterocycles. The van der Waals surface area contributed by atoms with Crippen molar-refractivity contribution < 1.29 is 9.13 Å². The Balaban J connectivity index is 1.21. The number of nitrogens with zero attached hydrogens (tertiary/aromatic N) is 4. The molecule has 9 heteroatoms. The number of H-pyrrole nitrogens is 2. The number of hydrogen-bond donors (Lipinski definition) is 3. The number of anilines is 1. The van der Waals surface area contributed by atoms with Gasteiger partial charge >= 0.3 is 0 Å². The van der Waals surface area contributed by atoms with Gasteiger partial charge in [0.05, 0.1) is 16.9 Å². The molecule has 2 aromatic carbocycles. The second-order valence-corrected chi connectivity index (χ2v) is 11.5. The molecule has 0 bridgehead atoms. The van der Waals surface area contributed by atoms with Gasteiger partial charge in [0, 0.05) is 53.6 Å². The predicted molar refractivity (Wildman–Crippen MR) is 170 cm³/mol. The highest BCUT2D eigenvalue weighted by atomic mass is 19.1. The first-order valence-corrected chi connectivity index (χ1v) is 14.8. The van der Waals surface area contributed by atoms with Gasteiger partial charge in [0.1, 0.15) is 29.5 Å². The van der Waals surface area contributed by atoms with Crippen molar-refractivity contribution >= 4 is 27.6 Å². The molecule has 0 aliphatic carbocycles. The molecule has 1 saturated heterocycles. The summed E-state index contributed by atoms with van der Waals surface area (Å²) in [6.45, 7) is 7.81. The van der Waals surface area contributed by atoms with Crippen LogP contribution in [0.25, 0.3) is 55.6 Å². The van der Waals surface area contributed by atoms with Gasteiger partial charge in [-0.25, -0.2) is 9.37 Å². The first kappa shape index (κ1) is 27.1. The van der Waals surface area contributed by atoms with E-state index in [0.29, 0.717) is 24.0 Å². The minimum atomic E-state index is -0.331. The van der Waals surface area contributed by atoms with Crippen LogP contribution < -0.4 is 10.1 Å². The highest BCUT2D eigenvalue weighted by Gasteiger charge is 2.17. The molecule has 1 aliphatic heterocycles. The number of hydrogen-bond acceptors (Lipinski definition) is 6. The number of rotatable bonds is 9. The topological polar surface area (TPSA) is 94.8 Å². The molecule has 3 N–H and O–H groups in total. The van der Waals surface area contributed by atoms with Crippen LogP contribution in [0.1, 0.15) is 26.7 Å². The number of aromatic nitrogens is 5. The molecule has 0 amide bonds. The van der Waals surface area contributed by atoms with Crippen molar-refractivity contribution in [3.8, 4) is 39.4 Å². The number of ether oxygens (including phenoxy) is 1. The molecule has 0 unspecified atom stereocenters. The quantitative estimate of drug-likeness (QED) is 0.168. The summed E-state index contributed by atoms with van der Waals surface area (Å²) in [6.07, 6.45) is 7.91. The molecule has 0 atom stereocenters. The van der Waals surface area contributed by atoms with Crippen molar-refractivity contribution in [2.75, 3.05) is 31.6 Å². The maximum absolute atomic E-state index is 14.8. The molecule has 0 saturated carbocycles. The molecule has 218 valence electrons. The average molecular weight is 576 g/mol. The Labute approximate surface area is 249 Å². The number of fused-ring (bicyclic) bond motifs is 2. The minimum absolute atomic E-state index is 0.312. The van der Waals surface area contributed by atoms with Gasteiger partial charge in [0.2, 0.25) is 0 Å². The fraction of sp³-hybridized carbons (Fsp3) is 0.265. The number of likely N-dealkylation sites (tertiary alicyclic amines) is 1. The largest absolute Gasteiger partial charge is 0.492 e. The van der Waals surface area contributed by atoms with E-state index in [-0.39, 0.29) is 5.82 Å². The van der Waals surface area contributed by atoms with Crippen LogP contribution >= 0.6 is 0 Å². The first-order valence-electron chi connectivity index (χ1n) is 14.8. The van der Waals surface area contributed by atoms with E-state index in [1.165, 1.54) is 18.9 Å². The number of nitrogens with one attached hydrogen (secondary N) is 3. The number of pyridine rings is 2. The summed E-state index contributed by atoms with van der Waals surface area (Å²) in [6, 6.07) is 17.5. The predicted octanol–water partition coefficient (Wildman–Crippen LogP) is 7.27. The van der Waals surface area contributed by atoms with Gasteiger partial charge in [-0.2, -0.15) is 5.10 Å². The van der Waals surface area contributed by atoms with Gasteiger partial charge < -0.3 is 15.0 Å². The summed E-state index contributed by atoms with van der Waals surface area (Å²) in [5.41, 5.74) is 7.90. The summed E-state index contributed by atoms with van der Waals surface area (Å²) >= 11 is 0. The van der Waals surface area contributed by atoms with Crippen LogP contribution in [0.4, 0.5) is 10.1 Å². The van der Waals surface area contributed by atoms with Gasteiger partial charge in [-0.15, -0.1) is 0 Å². The Morgan fingerprint density at radius 3 is 2.70 bits per heavy atom. The molecule has 43 heavy (non-hydrogen) atoms. The van der Waals surface area contributed by atoms with Gasteiger partial charge in [-0.05, 0) is 98.9 Å². The van der Waals surface area contributed by atoms with E-state index in [4.69, 9.17) is 4.74 Å². The maximum Gasteiger partial charge on any atom is 0.138 e. The Morgan fingerprint density at radius 1 is 0.953 bits per heavy atom. The molecular formula is C34H34FN7O. The van der Waals surface area contributed by atoms with Crippen LogP contribution in [0, 0.1) is 5.82 Å².